The highest BCUT2D eigenvalue weighted by atomic mass is 32.2. The van der Waals surface area contributed by atoms with Crippen LogP contribution in [0.5, 0.6) is 0 Å². The van der Waals surface area contributed by atoms with Crippen molar-refractivity contribution >= 4 is 33.4 Å². The molecule has 0 radical (unpaired) electrons. The highest BCUT2D eigenvalue weighted by Crippen LogP contribution is 2.36. The van der Waals surface area contributed by atoms with Crippen LogP contribution in [0.25, 0.3) is 0 Å². The second-order valence-corrected chi connectivity index (χ2v) is 8.49. The molecule has 0 amide bonds. The largest absolute Gasteiger partial charge is 0.462 e. The minimum absolute atomic E-state index is 0.169. The van der Waals surface area contributed by atoms with E-state index >= 15 is 0 Å². The number of esters is 1. The number of sulfonamides is 1. The molecule has 3 rings (SSSR count). The first kappa shape index (κ1) is 17.8. The molecular formula is C18H19NO4S2. The van der Waals surface area contributed by atoms with Crippen molar-refractivity contribution in [2.24, 2.45) is 0 Å². The first-order chi connectivity index (χ1) is 12.0. The second-order valence-electron chi connectivity index (χ2n) is 5.49. The molecule has 0 aliphatic carbocycles. The predicted molar refractivity (Wildman–Crippen MR) is 98.7 cm³/mol. The Morgan fingerprint density at radius 2 is 1.88 bits per heavy atom. The molecule has 0 bridgehead atoms. The Morgan fingerprint density at radius 1 is 1.16 bits per heavy atom. The van der Waals surface area contributed by atoms with Gasteiger partial charge in [-0.15, -0.1) is 11.8 Å². The van der Waals surface area contributed by atoms with Crippen LogP contribution in [0.3, 0.4) is 0 Å². The van der Waals surface area contributed by atoms with Gasteiger partial charge in [-0.05, 0) is 55.5 Å². The monoisotopic (exact) mass is 377 g/mol. The van der Waals surface area contributed by atoms with E-state index in [1.165, 1.54) is 28.6 Å². The van der Waals surface area contributed by atoms with Gasteiger partial charge in [0.1, 0.15) is 0 Å². The van der Waals surface area contributed by atoms with Crippen molar-refractivity contribution < 1.29 is 17.9 Å². The Hall–Kier alpha value is -1.99. The quantitative estimate of drug-likeness (QED) is 0.763. The molecule has 25 heavy (non-hydrogen) atoms. The maximum absolute atomic E-state index is 13.1. The van der Waals surface area contributed by atoms with Crippen LogP contribution in [-0.4, -0.2) is 33.3 Å². The number of rotatable bonds is 4. The fraction of sp³-hybridized carbons (Fsp3) is 0.278. The van der Waals surface area contributed by atoms with E-state index in [0.29, 0.717) is 17.8 Å². The zero-order chi connectivity index (χ0) is 17.9. The van der Waals surface area contributed by atoms with Crippen molar-refractivity contribution in [2.45, 2.75) is 23.1 Å². The summed E-state index contributed by atoms with van der Waals surface area (Å²) in [6.07, 6.45) is 0.777. The number of carbonyl (C=O) groups is 1. The van der Waals surface area contributed by atoms with Crippen molar-refractivity contribution in [3.05, 3.63) is 54.1 Å². The van der Waals surface area contributed by atoms with Gasteiger partial charge in [0, 0.05) is 11.4 Å². The van der Waals surface area contributed by atoms with E-state index in [9.17, 15) is 13.2 Å². The van der Waals surface area contributed by atoms with E-state index in [1.54, 1.807) is 18.7 Å². The van der Waals surface area contributed by atoms with Gasteiger partial charge in [-0.1, -0.05) is 12.1 Å². The molecule has 0 N–H and O–H groups in total. The Bertz CT molecular complexity index is 863. The lowest BCUT2D eigenvalue weighted by molar-refractivity contribution is 0.0526. The standard InChI is InChI=1S/C18H19NO4S2/c1-2-23-18(20)14-8-10-15(11-9-14)25(21,22)19-12-5-13-24-17-7-4-3-6-16(17)19/h3-4,6-11H,2,5,12-13H2,1H3. The van der Waals surface area contributed by atoms with Gasteiger partial charge in [0.05, 0.1) is 22.8 Å². The summed E-state index contributed by atoms with van der Waals surface area (Å²) in [7, 11) is -3.69. The Balaban J connectivity index is 1.95. The van der Waals surface area contributed by atoms with Gasteiger partial charge in [-0.25, -0.2) is 13.2 Å². The van der Waals surface area contributed by atoms with Gasteiger partial charge in [0.25, 0.3) is 10.0 Å². The molecule has 7 heteroatoms. The molecule has 0 saturated carbocycles. The topological polar surface area (TPSA) is 63.7 Å². The highest BCUT2D eigenvalue weighted by Gasteiger charge is 2.28. The first-order valence-electron chi connectivity index (χ1n) is 8.06. The van der Waals surface area contributed by atoms with Crippen LogP contribution >= 0.6 is 11.8 Å². The van der Waals surface area contributed by atoms with Crippen molar-refractivity contribution in [1.82, 2.24) is 0 Å². The number of thioether (sulfide) groups is 1. The van der Waals surface area contributed by atoms with Crippen LogP contribution in [0, 0.1) is 0 Å². The molecule has 0 unspecified atom stereocenters. The summed E-state index contributed by atoms with van der Waals surface area (Å²) in [6.45, 7) is 2.44. The number of anilines is 1. The van der Waals surface area contributed by atoms with Gasteiger partial charge >= 0.3 is 5.97 Å². The average molecular weight is 377 g/mol. The smallest absolute Gasteiger partial charge is 0.338 e. The summed E-state index contributed by atoms with van der Waals surface area (Å²) in [6, 6.07) is 13.4. The summed E-state index contributed by atoms with van der Waals surface area (Å²) in [5.74, 6) is 0.424. The number of carbonyl (C=O) groups excluding carboxylic acids is 1. The van der Waals surface area contributed by atoms with Crippen molar-refractivity contribution in [3.63, 3.8) is 0 Å². The van der Waals surface area contributed by atoms with Gasteiger partial charge in [0.2, 0.25) is 0 Å². The lowest BCUT2D eigenvalue weighted by Gasteiger charge is -2.24. The van der Waals surface area contributed by atoms with Crippen LogP contribution in [0.4, 0.5) is 5.69 Å². The molecule has 0 atom stereocenters. The Morgan fingerprint density at radius 3 is 2.60 bits per heavy atom. The molecule has 5 nitrogen and oxygen atoms in total. The maximum Gasteiger partial charge on any atom is 0.338 e. The van der Waals surface area contributed by atoms with E-state index < -0.39 is 16.0 Å². The van der Waals surface area contributed by atoms with Gasteiger partial charge < -0.3 is 4.74 Å². The molecule has 2 aromatic carbocycles. The number of para-hydroxylation sites is 1. The molecule has 2 aromatic rings. The molecule has 1 aliphatic heterocycles. The summed E-state index contributed by atoms with van der Waals surface area (Å²) in [5, 5.41) is 0. The summed E-state index contributed by atoms with van der Waals surface area (Å²) < 4.78 is 32.6. The van der Waals surface area contributed by atoms with Crippen LogP contribution in [0.1, 0.15) is 23.7 Å². The lowest BCUT2D eigenvalue weighted by Crippen LogP contribution is -2.32. The third kappa shape index (κ3) is 3.67. The minimum Gasteiger partial charge on any atom is -0.462 e. The average Bonchev–Trinajstić information content (AvgIpc) is 2.85. The number of nitrogens with zero attached hydrogens (tertiary/aromatic N) is 1. The lowest BCUT2D eigenvalue weighted by atomic mass is 10.2. The third-order valence-corrected chi connectivity index (χ3v) is 6.83. The highest BCUT2D eigenvalue weighted by molar-refractivity contribution is 7.99. The van der Waals surface area contributed by atoms with Crippen LogP contribution in [-0.2, 0) is 14.8 Å². The second kappa shape index (κ2) is 7.49. The fourth-order valence-electron chi connectivity index (χ4n) is 2.65. The molecular weight excluding hydrogens is 358 g/mol. The number of benzene rings is 2. The van der Waals surface area contributed by atoms with E-state index in [4.69, 9.17) is 4.74 Å². The van der Waals surface area contributed by atoms with Gasteiger partial charge in [0.15, 0.2) is 0 Å². The number of hydrogen-bond acceptors (Lipinski definition) is 5. The van der Waals surface area contributed by atoms with Crippen molar-refractivity contribution in [2.75, 3.05) is 23.2 Å². The zero-order valence-electron chi connectivity index (χ0n) is 13.8. The maximum atomic E-state index is 13.1. The van der Waals surface area contributed by atoms with E-state index in [0.717, 1.165) is 17.1 Å². The van der Waals surface area contributed by atoms with Crippen molar-refractivity contribution in [1.29, 1.82) is 0 Å². The SMILES string of the molecule is CCOC(=O)c1ccc(S(=O)(=O)N2CCCSc3ccccc32)cc1. The molecule has 132 valence electrons. The number of fused-ring (bicyclic) bond motifs is 1. The van der Waals surface area contributed by atoms with Gasteiger partial charge in [-0.2, -0.15) is 0 Å². The number of hydrogen-bond donors (Lipinski definition) is 0. The Kier molecular flexibility index (Phi) is 5.34. The normalized spacial score (nSPS) is 14.5. The van der Waals surface area contributed by atoms with Gasteiger partial charge in [-0.3, -0.25) is 4.31 Å². The molecule has 0 spiro atoms. The van der Waals surface area contributed by atoms with Crippen molar-refractivity contribution in [3.8, 4) is 0 Å². The van der Waals surface area contributed by atoms with E-state index in [1.807, 2.05) is 24.3 Å². The fourth-order valence-corrected chi connectivity index (χ4v) is 5.22. The number of ether oxygens (including phenoxy) is 1. The first-order valence-corrected chi connectivity index (χ1v) is 10.5. The molecule has 0 aromatic heterocycles. The molecule has 0 fully saturated rings. The zero-order valence-corrected chi connectivity index (χ0v) is 15.5. The van der Waals surface area contributed by atoms with Crippen LogP contribution in [0.2, 0.25) is 0 Å². The van der Waals surface area contributed by atoms with Crippen LogP contribution in [0.15, 0.2) is 58.3 Å². The summed E-state index contributed by atoms with van der Waals surface area (Å²) in [4.78, 5) is 12.9. The molecule has 1 heterocycles. The third-order valence-electron chi connectivity index (χ3n) is 3.85. The summed E-state index contributed by atoms with van der Waals surface area (Å²) in [5.41, 5.74) is 1.05. The predicted octanol–water partition coefficient (Wildman–Crippen LogP) is 3.55. The minimum atomic E-state index is -3.69. The summed E-state index contributed by atoms with van der Waals surface area (Å²) >= 11 is 1.67. The Labute approximate surface area is 152 Å². The van der Waals surface area contributed by atoms with Crippen LogP contribution < -0.4 is 4.31 Å². The molecule has 0 saturated heterocycles. The van der Waals surface area contributed by atoms with E-state index in [-0.39, 0.29) is 11.5 Å². The molecule has 1 aliphatic rings. The van der Waals surface area contributed by atoms with E-state index in [2.05, 4.69) is 0 Å².